The van der Waals surface area contributed by atoms with Crippen molar-refractivity contribution < 1.29 is 4.57 Å². The Bertz CT molecular complexity index is 2020. The molecule has 0 saturated carbocycles. The highest BCUT2D eigenvalue weighted by Gasteiger charge is 2.24. The van der Waals surface area contributed by atoms with Gasteiger partial charge in [0.15, 0.2) is 0 Å². The normalized spacial score (nSPS) is 12.2. The minimum Gasteiger partial charge on any atom is -0.309 e. The molecule has 0 spiro atoms. The number of fused-ring (bicyclic) bond motifs is 5. The molecule has 0 bridgehead atoms. The van der Waals surface area contributed by atoms with Gasteiger partial charge in [-0.25, -0.2) is 0 Å². The number of hydrogen-bond acceptors (Lipinski definition) is 0. The van der Waals surface area contributed by atoms with Crippen LogP contribution in [-0.4, -0.2) is 4.57 Å². The third-order valence-corrected chi connectivity index (χ3v) is 8.39. The Labute approximate surface area is 229 Å². The van der Waals surface area contributed by atoms with E-state index in [9.17, 15) is 0 Å². The van der Waals surface area contributed by atoms with Gasteiger partial charge in [0.05, 0.1) is 11.0 Å². The molecule has 0 aliphatic carbocycles. The summed E-state index contributed by atoms with van der Waals surface area (Å²) in [7, 11) is 2.20. The third-order valence-electron chi connectivity index (χ3n) is 8.39. The second kappa shape index (κ2) is 8.54. The maximum Gasteiger partial charge on any atom is 0.213 e. The summed E-state index contributed by atoms with van der Waals surface area (Å²) in [5.74, 6) is 0. The minimum absolute atomic E-state index is 0.0503. The maximum absolute atomic E-state index is 2.42. The number of benzene rings is 5. The zero-order chi connectivity index (χ0) is 26.9. The van der Waals surface area contributed by atoms with Crippen molar-refractivity contribution in [2.45, 2.75) is 33.1 Å². The van der Waals surface area contributed by atoms with Gasteiger partial charge in [-0.05, 0) is 70.6 Å². The number of hydrogen-bond donors (Lipinski definition) is 0. The van der Waals surface area contributed by atoms with Gasteiger partial charge in [0.1, 0.15) is 7.05 Å². The summed E-state index contributed by atoms with van der Waals surface area (Å²) < 4.78 is 4.75. The van der Waals surface area contributed by atoms with Crippen molar-refractivity contribution in [3.8, 4) is 16.9 Å². The highest BCUT2D eigenvalue weighted by molar-refractivity contribution is 6.09. The van der Waals surface area contributed by atoms with Crippen LogP contribution < -0.4 is 4.57 Å². The van der Waals surface area contributed by atoms with Crippen molar-refractivity contribution in [3.63, 3.8) is 0 Å². The van der Waals surface area contributed by atoms with Gasteiger partial charge in [0, 0.05) is 39.5 Å². The highest BCUT2D eigenvalue weighted by atomic mass is 15.0. The number of rotatable bonds is 2. The molecule has 2 heterocycles. The fourth-order valence-corrected chi connectivity index (χ4v) is 6.41. The van der Waals surface area contributed by atoms with Crippen LogP contribution in [0.25, 0.3) is 60.4 Å². The third kappa shape index (κ3) is 3.59. The molecular weight excluding hydrogens is 472 g/mol. The molecule has 2 aromatic heterocycles. The Morgan fingerprint density at radius 1 is 0.615 bits per heavy atom. The van der Waals surface area contributed by atoms with Crippen LogP contribution in [0.2, 0.25) is 0 Å². The predicted molar refractivity (Wildman–Crippen MR) is 166 cm³/mol. The molecule has 0 amide bonds. The molecule has 0 aliphatic heterocycles. The minimum atomic E-state index is 0.0503. The lowest BCUT2D eigenvalue weighted by molar-refractivity contribution is -0.633. The Kier molecular flexibility index (Phi) is 5.18. The first-order chi connectivity index (χ1) is 18.8. The molecule has 0 N–H and O–H groups in total. The van der Waals surface area contributed by atoms with Gasteiger partial charge in [-0.1, -0.05) is 81.4 Å². The van der Waals surface area contributed by atoms with Crippen LogP contribution in [0.3, 0.4) is 0 Å². The molecule has 7 aromatic rings. The van der Waals surface area contributed by atoms with E-state index in [1.807, 2.05) is 0 Å². The second-order valence-electron chi connectivity index (χ2n) is 11.8. The van der Waals surface area contributed by atoms with E-state index in [-0.39, 0.29) is 5.41 Å². The molecule has 2 heteroatoms. The highest BCUT2D eigenvalue weighted by Crippen LogP contribution is 2.38. The molecule has 2 nitrogen and oxygen atoms in total. The fourth-order valence-electron chi connectivity index (χ4n) is 6.41. The van der Waals surface area contributed by atoms with Crippen LogP contribution in [-0.2, 0) is 12.5 Å². The van der Waals surface area contributed by atoms with Crippen molar-refractivity contribution >= 4 is 43.5 Å². The fraction of sp³-hybridized carbons (Fsp3) is 0.162. The smallest absolute Gasteiger partial charge is 0.213 e. The first kappa shape index (κ1) is 23.7. The lowest BCUT2D eigenvalue weighted by Gasteiger charge is -2.24. The predicted octanol–water partition coefficient (Wildman–Crippen LogP) is 9.19. The van der Waals surface area contributed by atoms with Crippen LogP contribution >= 0.6 is 0 Å². The summed E-state index contributed by atoms with van der Waals surface area (Å²) in [6.07, 6.45) is 0. The van der Waals surface area contributed by atoms with E-state index in [2.05, 4.69) is 153 Å². The van der Waals surface area contributed by atoms with Gasteiger partial charge >= 0.3 is 0 Å². The molecule has 0 unspecified atom stereocenters. The van der Waals surface area contributed by atoms with E-state index in [0.29, 0.717) is 0 Å². The molecule has 5 aromatic carbocycles. The van der Waals surface area contributed by atoms with E-state index in [1.54, 1.807) is 0 Å². The molecule has 0 saturated heterocycles. The van der Waals surface area contributed by atoms with Crippen LogP contribution in [0.5, 0.6) is 0 Å². The number of aryl methyl sites for hydroxylation is 2. The van der Waals surface area contributed by atoms with Gasteiger partial charge in [-0.2, -0.15) is 4.57 Å². The number of para-hydroxylation sites is 2. The summed E-state index contributed by atoms with van der Waals surface area (Å²) in [6.45, 7) is 9.19. The van der Waals surface area contributed by atoms with Gasteiger partial charge < -0.3 is 4.57 Å². The van der Waals surface area contributed by atoms with E-state index in [0.717, 1.165) is 0 Å². The van der Waals surface area contributed by atoms with Crippen LogP contribution in [0.15, 0.2) is 109 Å². The van der Waals surface area contributed by atoms with Crippen LogP contribution in [0, 0.1) is 6.92 Å². The van der Waals surface area contributed by atoms with Gasteiger partial charge in [0.2, 0.25) is 11.2 Å². The largest absolute Gasteiger partial charge is 0.309 e. The molecule has 190 valence electrons. The van der Waals surface area contributed by atoms with E-state index in [4.69, 9.17) is 0 Å². The summed E-state index contributed by atoms with van der Waals surface area (Å²) in [6, 6.07) is 40.1. The number of nitrogens with zero attached hydrogens (tertiary/aromatic N) is 2. The summed E-state index contributed by atoms with van der Waals surface area (Å²) in [5.41, 5.74) is 10.2. The lowest BCUT2D eigenvalue weighted by atomic mass is 9.80. The maximum atomic E-state index is 2.42. The topological polar surface area (TPSA) is 8.81 Å². The summed E-state index contributed by atoms with van der Waals surface area (Å²) >= 11 is 0. The monoisotopic (exact) mass is 505 g/mol. The number of aromatic nitrogens is 2. The molecule has 7 rings (SSSR count). The Hall–Kier alpha value is -4.43. The van der Waals surface area contributed by atoms with Crippen molar-refractivity contribution in [1.29, 1.82) is 0 Å². The van der Waals surface area contributed by atoms with Crippen molar-refractivity contribution in [2.75, 3.05) is 0 Å². The molecule has 39 heavy (non-hydrogen) atoms. The number of pyridine rings is 1. The molecule has 0 atom stereocenters. The Morgan fingerprint density at radius 3 is 1.85 bits per heavy atom. The van der Waals surface area contributed by atoms with Gasteiger partial charge in [0.25, 0.3) is 0 Å². The van der Waals surface area contributed by atoms with E-state index < -0.39 is 0 Å². The summed E-state index contributed by atoms with van der Waals surface area (Å²) in [4.78, 5) is 0. The van der Waals surface area contributed by atoms with Crippen molar-refractivity contribution in [3.05, 3.63) is 120 Å². The first-order valence-corrected chi connectivity index (χ1v) is 13.8. The quantitative estimate of drug-likeness (QED) is 0.207. The Balaban J connectivity index is 1.44. The zero-order valence-electron chi connectivity index (χ0n) is 23.3. The summed E-state index contributed by atoms with van der Waals surface area (Å²) in [5, 5.41) is 6.49. The zero-order valence-corrected chi connectivity index (χ0v) is 23.3. The molecular formula is C37H33N2+. The van der Waals surface area contributed by atoms with Gasteiger partial charge in [-0.15, -0.1) is 0 Å². The average Bonchev–Trinajstić information content (AvgIpc) is 3.28. The second-order valence-corrected chi connectivity index (χ2v) is 11.8. The van der Waals surface area contributed by atoms with E-state index in [1.165, 1.54) is 71.6 Å². The Morgan fingerprint density at radius 2 is 1.21 bits per heavy atom. The average molecular weight is 506 g/mol. The van der Waals surface area contributed by atoms with Crippen LogP contribution in [0.1, 0.15) is 31.9 Å². The lowest BCUT2D eigenvalue weighted by Crippen LogP contribution is -2.32. The van der Waals surface area contributed by atoms with Crippen molar-refractivity contribution in [2.24, 2.45) is 7.05 Å². The van der Waals surface area contributed by atoms with Gasteiger partial charge in [-0.3, -0.25) is 0 Å². The molecule has 0 radical (unpaired) electrons. The molecule has 0 fully saturated rings. The standard InChI is InChI=1S/C37H33N2/c1-24-27-12-6-7-13-28(27)32(37(2,3)4)23-31(24)34-20-18-25-22-26(19-21-33(25)38(34)5)39-35-16-10-8-14-29(35)30-15-9-11-17-36(30)39/h6-23H,1-5H3/q+1. The van der Waals surface area contributed by atoms with E-state index >= 15 is 0 Å². The van der Waals surface area contributed by atoms with Crippen LogP contribution in [0.4, 0.5) is 0 Å². The SMILES string of the molecule is Cc1c(-c2ccc3cc(-n4c5ccccc5c5ccccc54)ccc3[n+]2C)cc(C(C)(C)C)c2ccccc12. The first-order valence-electron chi connectivity index (χ1n) is 13.8. The molecule has 0 aliphatic rings. The van der Waals surface area contributed by atoms with Crippen molar-refractivity contribution in [1.82, 2.24) is 4.57 Å².